The fraction of sp³-hybridized carbons (Fsp3) is 0.963. The van der Waals surface area contributed by atoms with Crippen LogP contribution in [-0.2, 0) is 4.79 Å². The normalized spacial score (nSPS) is 45.6. The van der Waals surface area contributed by atoms with Crippen molar-refractivity contribution in [3.63, 3.8) is 0 Å². The van der Waals surface area contributed by atoms with Gasteiger partial charge in [0.05, 0.1) is 5.60 Å². The molecule has 0 amide bonds. The number of rotatable bonds is 6. The lowest BCUT2D eigenvalue weighted by molar-refractivity contribution is -0.160. The maximum absolute atomic E-state index is 12.1. The minimum Gasteiger partial charge on any atom is -0.396 e. The van der Waals surface area contributed by atoms with Crippen LogP contribution in [-0.4, -0.2) is 28.2 Å². The van der Waals surface area contributed by atoms with Crippen LogP contribution in [0.4, 0.5) is 0 Å². The lowest BCUT2D eigenvalue weighted by Gasteiger charge is -2.61. The second kappa shape index (κ2) is 8.18. The summed E-state index contributed by atoms with van der Waals surface area (Å²) in [6.07, 6.45) is 12.7. The van der Waals surface area contributed by atoms with Crippen LogP contribution in [0.25, 0.3) is 0 Å². The van der Waals surface area contributed by atoms with Crippen molar-refractivity contribution in [3.05, 3.63) is 0 Å². The van der Waals surface area contributed by atoms with Crippen LogP contribution in [0.5, 0.6) is 0 Å². The van der Waals surface area contributed by atoms with E-state index in [1.807, 2.05) is 0 Å². The van der Waals surface area contributed by atoms with E-state index in [0.717, 1.165) is 44.9 Å². The molecule has 3 nitrogen and oxygen atoms in total. The summed E-state index contributed by atoms with van der Waals surface area (Å²) in [7, 11) is 0. The molecule has 0 radical (unpaired) electrons. The Kier molecular flexibility index (Phi) is 6.21. The number of carbonyl (C=O) groups excluding carboxylic acids is 1. The number of hydrogen-bond donors (Lipinski definition) is 2. The summed E-state index contributed by atoms with van der Waals surface area (Å²) < 4.78 is 0. The van der Waals surface area contributed by atoms with Crippen molar-refractivity contribution in [1.82, 2.24) is 0 Å². The molecule has 0 aromatic carbocycles. The minimum absolute atomic E-state index is 0.0871. The van der Waals surface area contributed by atoms with E-state index in [0.29, 0.717) is 40.8 Å². The summed E-state index contributed by atoms with van der Waals surface area (Å²) in [5.41, 5.74) is -0.440. The Morgan fingerprint density at radius 2 is 1.87 bits per heavy atom. The van der Waals surface area contributed by atoms with Crippen molar-refractivity contribution >= 4 is 5.78 Å². The molecule has 4 aliphatic rings. The summed E-state index contributed by atoms with van der Waals surface area (Å²) in [5.74, 6) is 3.91. The van der Waals surface area contributed by atoms with Gasteiger partial charge in [0.1, 0.15) is 5.78 Å². The third-order valence-electron chi connectivity index (χ3n) is 10.7. The van der Waals surface area contributed by atoms with E-state index in [1.54, 1.807) is 0 Å². The van der Waals surface area contributed by atoms with E-state index in [9.17, 15) is 15.0 Å². The number of Topliss-reactive ketones (excluding diaryl/α,β-unsaturated/α-hetero) is 1. The van der Waals surface area contributed by atoms with Gasteiger partial charge in [-0.05, 0) is 99.2 Å². The van der Waals surface area contributed by atoms with Crippen LogP contribution < -0.4 is 0 Å². The predicted molar refractivity (Wildman–Crippen MR) is 121 cm³/mol. The van der Waals surface area contributed by atoms with Crippen LogP contribution in [0.3, 0.4) is 0 Å². The zero-order valence-corrected chi connectivity index (χ0v) is 20.0. The third kappa shape index (κ3) is 3.60. The van der Waals surface area contributed by atoms with E-state index in [-0.39, 0.29) is 17.9 Å². The lowest BCUT2D eigenvalue weighted by Crippen LogP contribution is -2.57. The number of fused-ring (bicyclic) bond motifs is 5. The molecule has 30 heavy (non-hydrogen) atoms. The molecular weight excluding hydrogens is 372 g/mol. The zero-order chi connectivity index (χ0) is 21.7. The molecule has 4 fully saturated rings. The lowest BCUT2D eigenvalue weighted by atomic mass is 9.44. The molecule has 3 heteroatoms. The quantitative estimate of drug-likeness (QED) is 0.576. The van der Waals surface area contributed by atoms with Crippen molar-refractivity contribution in [2.75, 3.05) is 6.61 Å². The molecule has 4 saturated carbocycles. The first-order chi connectivity index (χ1) is 14.1. The molecule has 0 spiro atoms. The number of hydrogen-bond acceptors (Lipinski definition) is 3. The van der Waals surface area contributed by atoms with Crippen LogP contribution in [0, 0.1) is 46.3 Å². The van der Waals surface area contributed by atoms with Gasteiger partial charge in [-0.2, -0.15) is 0 Å². The number of aliphatic hydroxyl groups excluding tert-OH is 1. The Balaban J connectivity index is 1.54. The summed E-state index contributed by atoms with van der Waals surface area (Å²) in [6, 6.07) is 0. The standard InChI is InChI=1S/C27H46O3/c1-18(2)6-5-13-26(4,30)24-10-9-23-21-8-7-19-16-20(29)11-14-25(19,3)22(21)12-15-27(23,24)17-28/h18-19,21-24,28,30H,5-17H2,1-4H3. The number of aliphatic hydroxyl groups is 2. The van der Waals surface area contributed by atoms with Crippen molar-refractivity contribution in [2.24, 2.45) is 46.3 Å². The molecule has 2 N–H and O–H groups in total. The van der Waals surface area contributed by atoms with Crippen molar-refractivity contribution in [3.8, 4) is 0 Å². The molecule has 0 heterocycles. The highest BCUT2D eigenvalue weighted by Gasteiger charge is 2.63. The van der Waals surface area contributed by atoms with Gasteiger partial charge in [-0.1, -0.05) is 33.6 Å². The monoisotopic (exact) mass is 418 g/mol. The average Bonchev–Trinajstić information content (AvgIpc) is 3.09. The van der Waals surface area contributed by atoms with Gasteiger partial charge in [-0.3, -0.25) is 4.79 Å². The molecule has 0 bridgehead atoms. The summed E-state index contributed by atoms with van der Waals surface area (Å²) in [4.78, 5) is 12.1. The minimum atomic E-state index is -0.669. The summed E-state index contributed by atoms with van der Waals surface area (Å²) in [5, 5.41) is 22.3. The second-order valence-electron chi connectivity index (χ2n) is 12.6. The van der Waals surface area contributed by atoms with Gasteiger partial charge in [0.2, 0.25) is 0 Å². The fourth-order valence-electron chi connectivity index (χ4n) is 9.14. The van der Waals surface area contributed by atoms with Gasteiger partial charge >= 0.3 is 0 Å². The van der Waals surface area contributed by atoms with Crippen molar-refractivity contribution in [2.45, 2.75) is 110 Å². The number of ketones is 1. The molecule has 8 atom stereocenters. The number of carbonyl (C=O) groups is 1. The molecular formula is C27H46O3. The van der Waals surface area contributed by atoms with E-state index in [4.69, 9.17) is 0 Å². The molecule has 0 aromatic heterocycles. The highest BCUT2D eigenvalue weighted by atomic mass is 16.3. The van der Waals surface area contributed by atoms with E-state index in [1.165, 1.54) is 32.1 Å². The molecule has 0 aliphatic heterocycles. The maximum atomic E-state index is 12.1. The highest BCUT2D eigenvalue weighted by molar-refractivity contribution is 5.79. The molecule has 4 rings (SSSR count). The Morgan fingerprint density at radius 1 is 1.10 bits per heavy atom. The molecule has 0 aromatic rings. The van der Waals surface area contributed by atoms with E-state index >= 15 is 0 Å². The SMILES string of the molecule is CC(C)CCCC(C)(O)C1CCC2C3CCC4CC(=O)CCC4(C)C3CCC21CO. The second-order valence-corrected chi connectivity index (χ2v) is 12.6. The summed E-state index contributed by atoms with van der Waals surface area (Å²) >= 11 is 0. The van der Waals surface area contributed by atoms with E-state index in [2.05, 4.69) is 27.7 Å². The van der Waals surface area contributed by atoms with Gasteiger partial charge < -0.3 is 10.2 Å². The van der Waals surface area contributed by atoms with Crippen molar-refractivity contribution in [1.29, 1.82) is 0 Å². The zero-order valence-electron chi connectivity index (χ0n) is 20.0. The average molecular weight is 419 g/mol. The predicted octanol–water partition coefficient (Wildman–Crippen LogP) is 5.76. The van der Waals surface area contributed by atoms with Crippen molar-refractivity contribution < 1.29 is 15.0 Å². The van der Waals surface area contributed by atoms with E-state index < -0.39 is 5.60 Å². The van der Waals surface area contributed by atoms with Crippen LogP contribution in [0.2, 0.25) is 0 Å². The molecule has 8 unspecified atom stereocenters. The van der Waals surface area contributed by atoms with Gasteiger partial charge in [-0.15, -0.1) is 0 Å². The Bertz CT molecular complexity index is 640. The Morgan fingerprint density at radius 3 is 2.57 bits per heavy atom. The molecule has 172 valence electrons. The maximum Gasteiger partial charge on any atom is 0.133 e. The van der Waals surface area contributed by atoms with Gasteiger partial charge in [0.15, 0.2) is 0 Å². The molecule has 0 saturated heterocycles. The van der Waals surface area contributed by atoms with Crippen LogP contribution in [0.1, 0.15) is 105 Å². The van der Waals surface area contributed by atoms with Gasteiger partial charge in [0, 0.05) is 24.9 Å². The van der Waals surface area contributed by atoms with Crippen LogP contribution in [0.15, 0.2) is 0 Å². The van der Waals surface area contributed by atoms with Gasteiger partial charge in [0.25, 0.3) is 0 Å². The highest BCUT2D eigenvalue weighted by Crippen LogP contribution is 2.68. The summed E-state index contributed by atoms with van der Waals surface area (Å²) in [6.45, 7) is 9.31. The first kappa shape index (κ1) is 22.8. The fourth-order valence-corrected chi connectivity index (χ4v) is 9.14. The first-order valence-electron chi connectivity index (χ1n) is 13.0. The Labute approximate surface area is 184 Å². The topological polar surface area (TPSA) is 57.5 Å². The largest absolute Gasteiger partial charge is 0.396 e. The smallest absolute Gasteiger partial charge is 0.133 e. The Hall–Kier alpha value is -0.410. The van der Waals surface area contributed by atoms with Gasteiger partial charge in [-0.25, -0.2) is 0 Å². The third-order valence-corrected chi connectivity index (χ3v) is 10.7. The first-order valence-corrected chi connectivity index (χ1v) is 13.0. The van der Waals surface area contributed by atoms with Crippen LogP contribution >= 0.6 is 0 Å². The molecule has 4 aliphatic carbocycles.